The number of rotatable bonds is 6. The van der Waals surface area contributed by atoms with Crippen LogP contribution in [0, 0.1) is 10.7 Å². The van der Waals surface area contributed by atoms with Gasteiger partial charge in [0.1, 0.15) is 0 Å². The average molecular weight is 424 g/mol. The summed E-state index contributed by atoms with van der Waals surface area (Å²) in [4.78, 5) is 18.5. The quantitative estimate of drug-likeness (QED) is 0.445. The van der Waals surface area contributed by atoms with Gasteiger partial charge in [-0.25, -0.2) is 4.68 Å². The molecule has 8 heteroatoms. The second kappa shape index (κ2) is 9.32. The number of nitrogens with zero attached hydrogens (tertiary/aromatic N) is 5. The maximum absolute atomic E-state index is 12.2. The summed E-state index contributed by atoms with van der Waals surface area (Å²) in [7, 11) is 0. The summed E-state index contributed by atoms with van der Waals surface area (Å²) in [5, 5.41) is 4.85. The van der Waals surface area contributed by atoms with Gasteiger partial charge in [-0.2, -0.15) is 0 Å². The van der Waals surface area contributed by atoms with Crippen molar-refractivity contribution in [1.29, 1.82) is 0 Å². The van der Waals surface area contributed by atoms with Crippen molar-refractivity contribution in [1.82, 2.24) is 24.2 Å². The third-order valence-corrected chi connectivity index (χ3v) is 5.64. The number of piperidine rings is 1. The number of benzene rings is 1. The number of hydrogen-bond acceptors (Lipinski definition) is 6. The molecule has 156 valence electrons. The van der Waals surface area contributed by atoms with Crippen molar-refractivity contribution in [3.63, 3.8) is 0 Å². The molecule has 0 amide bonds. The van der Waals surface area contributed by atoms with Gasteiger partial charge in [-0.1, -0.05) is 18.2 Å². The van der Waals surface area contributed by atoms with Gasteiger partial charge in [-0.05, 0) is 62.8 Å². The first-order valence-electron chi connectivity index (χ1n) is 10.2. The van der Waals surface area contributed by atoms with E-state index in [1.54, 1.807) is 12.4 Å². The SMILES string of the molecule is CCOC(=O)C1CCCN(Cn2nc(-c3ccncc3)n(-c3ccccc3)c2=S)C1. The summed E-state index contributed by atoms with van der Waals surface area (Å²) in [6.45, 7) is 4.35. The highest BCUT2D eigenvalue weighted by atomic mass is 32.1. The number of likely N-dealkylation sites (tertiary alicyclic amines) is 1. The minimum absolute atomic E-state index is 0.0938. The fraction of sp³-hybridized carbons (Fsp3) is 0.364. The van der Waals surface area contributed by atoms with E-state index in [4.69, 9.17) is 22.1 Å². The molecule has 30 heavy (non-hydrogen) atoms. The largest absolute Gasteiger partial charge is 0.466 e. The number of carbonyl (C=O) groups is 1. The number of carbonyl (C=O) groups excluding carboxylic acids is 1. The van der Waals surface area contributed by atoms with Crippen LogP contribution in [0.2, 0.25) is 0 Å². The highest BCUT2D eigenvalue weighted by Crippen LogP contribution is 2.23. The number of esters is 1. The van der Waals surface area contributed by atoms with Crippen molar-refractivity contribution < 1.29 is 9.53 Å². The Kier molecular flexibility index (Phi) is 6.35. The zero-order valence-corrected chi connectivity index (χ0v) is 17.8. The van der Waals surface area contributed by atoms with Gasteiger partial charge in [0.25, 0.3) is 0 Å². The second-order valence-electron chi connectivity index (χ2n) is 7.32. The Hall–Kier alpha value is -2.84. The molecule has 0 radical (unpaired) electrons. The molecule has 3 aromatic rings. The first-order chi connectivity index (χ1) is 14.7. The Labute approximate surface area is 180 Å². The second-order valence-corrected chi connectivity index (χ2v) is 7.69. The Morgan fingerprint density at radius 3 is 2.70 bits per heavy atom. The third-order valence-electron chi connectivity index (χ3n) is 5.25. The van der Waals surface area contributed by atoms with Crippen molar-refractivity contribution in [2.45, 2.75) is 26.4 Å². The van der Waals surface area contributed by atoms with E-state index in [0.29, 0.717) is 24.6 Å². The lowest BCUT2D eigenvalue weighted by molar-refractivity contribution is -0.150. The van der Waals surface area contributed by atoms with Crippen molar-refractivity contribution in [3.05, 3.63) is 59.6 Å². The molecule has 0 spiro atoms. The predicted molar refractivity (Wildman–Crippen MR) is 117 cm³/mol. The standard InChI is InChI=1S/C22H25N5O2S/c1-2-29-21(28)18-7-6-14-25(15-18)16-26-22(30)27(19-8-4-3-5-9-19)20(24-26)17-10-12-23-13-11-17/h3-5,8-13,18H,2,6-7,14-16H2,1H3. The summed E-state index contributed by atoms with van der Waals surface area (Å²) in [6.07, 6.45) is 5.32. The van der Waals surface area contributed by atoms with Crippen LogP contribution in [0.4, 0.5) is 0 Å². The molecule has 0 saturated carbocycles. The summed E-state index contributed by atoms with van der Waals surface area (Å²) in [5.41, 5.74) is 1.91. The van der Waals surface area contributed by atoms with Crippen LogP contribution in [0.15, 0.2) is 54.9 Å². The zero-order valence-electron chi connectivity index (χ0n) is 17.0. The maximum Gasteiger partial charge on any atom is 0.310 e. The van der Waals surface area contributed by atoms with E-state index in [1.807, 2.05) is 58.6 Å². The molecule has 3 heterocycles. The average Bonchev–Trinajstić information content (AvgIpc) is 3.11. The van der Waals surface area contributed by atoms with Gasteiger partial charge in [0.15, 0.2) is 5.82 Å². The molecule has 1 aliphatic rings. The lowest BCUT2D eigenvalue weighted by Gasteiger charge is -2.31. The van der Waals surface area contributed by atoms with Crippen LogP contribution in [-0.4, -0.2) is 49.9 Å². The minimum atomic E-state index is -0.113. The zero-order chi connectivity index (χ0) is 20.9. The third kappa shape index (κ3) is 4.34. The van der Waals surface area contributed by atoms with Crippen LogP contribution in [0.5, 0.6) is 0 Å². The number of hydrogen-bond donors (Lipinski definition) is 0. The van der Waals surface area contributed by atoms with Crippen LogP contribution in [0.25, 0.3) is 17.1 Å². The molecule has 1 aromatic carbocycles. The fourth-order valence-corrected chi connectivity index (χ4v) is 4.11. The summed E-state index contributed by atoms with van der Waals surface area (Å²) in [5.74, 6) is 0.564. The van der Waals surface area contributed by atoms with Gasteiger partial charge in [-0.3, -0.25) is 19.2 Å². The van der Waals surface area contributed by atoms with Gasteiger partial charge in [-0.15, -0.1) is 5.10 Å². The van der Waals surface area contributed by atoms with Crippen molar-refractivity contribution in [3.8, 4) is 17.1 Å². The molecule has 2 aromatic heterocycles. The van der Waals surface area contributed by atoms with E-state index in [9.17, 15) is 4.79 Å². The van der Waals surface area contributed by atoms with E-state index < -0.39 is 0 Å². The Bertz CT molecular complexity index is 1050. The summed E-state index contributed by atoms with van der Waals surface area (Å²) in [6, 6.07) is 13.8. The van der Waals surface area contributed by atoms with E-state index >= 15 is 0 Å². The topological polar surface area (TPSA) is 65.2 Å². The maximum atomic E-state index is 12.2. The van der Waals surface area contributed by atoms with Crippen LogP contribution in [0.1, 0.15) is 19.8 Å². The van der Waals surface area contributed by atoms with Crippen molar-refractivity contribution in [2.24, 2.45) is 5.92 Å². The van der Waals surface area contributed by atoms with Crippen LogP contribution >= 0.6 is 12.2 Å². The molecule has 1 aliphatic heterocycles. The molecule has 0 bridgehead atoms. The van der Waals surface area contributed by atoms with Gasteiger partial charge in [0.05, 0.1) is 19.2 Å². The Morgan fingerprint density at radius 2 is 1.97 bits per heavy atom. The van der Waals surface area contributed by atoms with Crippen LogP contribution in [-0.2, 0) is 16.2 Å². The van der Waals surface area contributed by atoms with Crippen LogP contribution in [0.3, 0.4) is 0 Å². The molecular weight excluding hydrogens is 398 g/mol. The number of pyridine rings is 1. The first-order valence-corrected chi connectivity index (χ1v) is 10.6. The van der Waals surface area contributed by atoms with Gasteiger partial charge >= 0.3 is 5.97 Å². The molecule has 1 unspecified atom stereocenters. The fourth-order valence-electron chi connectivity index (χ4n) is 3.82. The molecule has 7 nitrogen and oxygen atoms in total. The highest BCUT2D eigenvalue weighted by Gasteiger charge is 2.27. The summed E-state index contributed by atoms with van der Waals surface area (Å²) < 4.78 is 9.66. The van der Waals surface area contributed by atoms with Crippen molar-refractivity contribution in [2.75, 3.05) is 19.7 Å². The normalized spacial score (nSPS) is 17.0. The molecule has 4 rings (SSSR count). The molecule has 1 saturated heterocycles. The van der Waals surface area contributed by atoms with Gasteiger partial charge < -0.3 is 4.74 Å². The molecule has 1 atom stereocenters. The van der Waals surface area contributed by atoms with Crippen molar-refractivity contribution >= 4 is 18.2 Å². The van der Waals surface area contributed by atoms with Crippen LogP contribution < -0.4 is 0 Å². The monoisotopic (exact) mass is 423 g/mol. The predicted octanol–water partition coefficient (Wildman–Crippen LogP) is 3.70. The Morgan fingerprint density at radius 1 is 1.20 bits per heavy atom. The lowest BCUT2D eigenvalue weighted by atomic mass is 9.99. The number of ether oxygens (including phenoxy) is 1. The lowest BCUT2D eigenvalue weighted by Crippen LogP contribution is -2.40. The number of para-hydroxylation sites is 1. The van der Waals surface area contributed by atoms with E-state index in [-0.39, 0.29) is 11.9 Å². The molecular formula is C22H25N5O2S. The molecule has 0 aliphatic carbocycles. The highest BCUT2D eigenvalue weighted by molar-refractivity contribution is 7.71. The van der Waals surface area contributed by atoms with E-state index in [2.05, 4.69) is 9.88 Å². The minimum Gasteiger partial charge on any atom is -0.466 e. The summed E-state index contributed by atoms with van der Waals surface area (Å²) >= 11 is 5.82. The Balaban J connectivity index is 1.65. The van der Waals surface area contributed by atoms with Gasteiger partial charge in [0, 0.05) is 30.2 Å². The van der Waals surface area contributed by atoms with Gasteiger partial charge in [0.2, 0.25) is 4.77 Å². The molecule has 0 N–H and O–H groups in total. The molecule has 1 fully saturated rings. The number of aromatic nitrogens is 4. The van der Waals surface area contributed by atoms with E-state index in [1.165, 1.54) is 0 Å². The first kappa shape index (κ1) is 20.4. The van der Waals surface area contributed by atoms with E-state index in [0.717, 1.165) is 36.5 Å². The smallest absolute Gasteiger partial charge is 0.310 e.